The van der Waals surface area contributed by atoms with Crippen molar-refractivity contribution in [3.63, 3.8) is 0 Å². The number of guanidine groups is 1. The summed E-state index contributed by atoms with van der Waals surface area (Å²) in [5.41, 5.74) is 1.88. The van der Waals surface area contributed by atoms with Gasteiger partial charge in [0.1, 0.15) is 5.15 Å². The lowest BCUT2D eigenvalue weighted by molar-refractivity contribution is 0.324. The first kappa shape index (κ1) is 25.5. The van der Waals surface area contributed by atoms with E-state index in [1.807, 2.05) is 36.7 Å². The van der Waals surface area contributed by atoms with Crippen LogP contribution in [0.25, 0.3) is 0 Å². The van der Waals surface area contributed by atoms with Crippen molar-refractivity contribution in [2.75, 3.05) is 27.9 Å². The molecule has 162 valence electrons. The van der Waals surface area contributed by atoms with Gasteiger partial charge < -0.3 is 29.4 Å². The zero-order valence-electron chi connectivity index (χ0n) is 17.1. The van der Waals surface area contributed by atoms with Gasteiger partial charge in [0, 0.05) is 19.3 Å². The molecule has 1 aromatic carbocycles. The second kappa shape index (κ2) is 12.2. The molecule has 0 fully saturated rings. The second-order valence-electron chi connectivity index (χ2n) is 5.92. The van der Waals surface area contributed by atoms with E-state index in [-0.39, 0.29) is 24.0 Å². The van der Waals surface area contributed by atoms with Gasteiger partial charge in [-0.25, -0.2) is 4.99 Å². The third kappa shape index (κ3) is 6.48. The van der Waals surface area contributed by atoms with Gasteiger partial charge in [0.05, 0.1) is 39.4 Å². The minimum atomic E-state index is 0. The Morgan fingerprint density at radius 2 is 1.66 bits per heavy atom. The fourth-order valence-corrected chi connectivity index (χ4v) is 3.09. The van der Waals surface area contributed by atoms with Crippen LogP contribution in [0.2, 0.25) is 10.2 Å². The van der Waals surface area contributed by atoms with Crippen molar-refractivity contribution >= 4 is 53.1 Å². The number of rotatable bonds is 8. The van der Waals surface area contributed by atoms with Crippen molar-refractivity contribution in [1.82, 2.24) is 15.2 Å². The summed E-state index contributed by atoms with van der Waals surface area (Å²) in [6.45, 7) is 3.70. The summed E-state index contributed by atoms with van der Waals surface area (Å²) in [6.07, 6.45) is 0. The minimum Gasteiger partial charge on any atom is -0.493 e. The van der Waals surface area contributed by atoms with E-state index in [0.29, 0.717) is 46.5 Å². The molecule has 0 unspecified atom stereocenters. The lowest BCUT2D eigenvalue weighted by Gasteiger charge is -2.14. The Hall–Kier alpha value is -1.52. The number of ether oxygens (including phenoxy) is 3. The summed E-state index contributed by atoms with van der Waals surface area (Å²) in [5, 5.41) is 7.54. The van der Waals surface area contributed by atoms with E-state index in [2.05, 4.69) is 15.6 Å². The molecule has 0 bridgehead atoms. The fraction of sp³-hybridized carbons (Fsp3) is 0.421. The maximum absolute atomic E-state index is 6.12. The topological polar surface area (TPSA) is 69.0 Å². The molecule has 0 aliphatic carbocycles. The quantitative estimate of drug-likeness (QED) is 0.289. The van der Waals surface area contributed by atoms with Crippen LogP contribution in [0.5, 0.6) is 17.2 Å². The normalized spacial score (nSPS) is 10.9. The van der Waals surface area contributed by atoms with E-state index in [1.54, 1.807) is 21.3 Å². The SMILES string of the molecule is CCNC(=NCc1cc(OC)c(OC)c(OC)c1)NCc1cc(Cl)c(Cl)n1C.I. The molecule has 0 saturated carbocycles. The Labute approximate surface area is 198 Å². The van der Waals surface area contributed by atoms with Crippen LogP contribution in [-0.2, 0) is 20.1 Å². The van der Waals surface area contributed by atoms with Gasteiger partial charge in [-0.15, -0.1) is 24.0 Å². The molecule has 0 aliphatic rings. The summed E-state index contributed by atoms with van der Waals surface area (Å²) in [7, 11) is 6.62. The molecule has 0 radical (unpaired) electrons. The average Bonchev–Trinajstić information content (AvgIpc) is 2.95. The molecule has 0 atom stereocenters. The lowest BCUT2D eigenvalue weighted by Crippen LogP contribution is -2.37. The van der Waals surface area contributed by atoms with Crippen LogP contribution in [-0.4, -0.2) is 38.4 Å². The molecule has 0 saturated heterocycles. The van der Waals surface area contributed by atoms with Crippen molar-refractivity contribution in [1.29, 1.82) is 0 Å². The molecular formula is C19H27Cl2IN4O3. The van der Waals surface area contributed by atoms with Crippen molar-refractivity contribution in [3.05, 3.63) is 39.6 Å². The van der Waals surface area contributed by atoms with Crippen molar-refractivity contribution in [2.24, 2.45) is 12.0 Å². The van der Waals surface area contributed by atoms with Crippen LogP contribution >= 0.6 is 47.2 Å². The van der Waals surface area contributed by atoms with Crippen molar-refractivity contribution in [2.45, 2.75) is 20.0 Å². The van der Waals surface area contributed by atoms with Crippen LogP contribution in [0, 0.1) is 0 Å². The van der Waals surface area contributed by atoms with Crippen LogP contribution in [0.3, 0.4) is 0 Å². The molecule has 0 amide bonds. The number of hydrogen-bond donors (Lipinski definition) is 2. The second-order valence-corrected chi connectivity index (χ2v) is 6.68. The van der Waals surface area contributed by atoms with Gasteiger partial charge in [-0.2, -0.15) is 0 Å². The van der Waals surface area contributed by atoms with Gasteiger partial charge in [-0.05, 0) is 30.7 Å². The Balaban J connectivity index is 0.00000420. The lowest BCUT2D eigenvalue weighted by atomic mass is 10.2. The standard InChI is InChI=1S/C19H26Cl2N4O3.HI/c1-6-22-19(24-11-13-9-14(20)18(21)25(13)2)23-10-12-7-15(26-3)17(28-5)16(8-12)27-4;/h7-9H,6,10-11H2,1-5H3,(H2,22,23,24);1H. The van der Waals surface area contributed by atoms with Gasteiger partial charge in [0.2, 0.25) is 5.75 Å². The van der Waals surface area contributed by atoms with Crippen LogP contribution in [0.1, 0.15) is 18.2 Å². The Bertz CT molecular complexity index is 818. The summed E-state index contributed by atoms with van der Waals surface area (Å²) in [4.78, 5) is 4.63. The Morgan fingerprint density at radius 1 is 1.03 bits per heavy atom. The largest absolute Gasteiger partial charge is 0.493 e. The van der Waals surface area contributed by atoms with Gasteiger partial charge in [-0.3, -0.25) is 0 Å². The van der Waals surface area contributed by atoms with Crippen LogP contribution < -0.4 is 24.8 Å². The predicted octanol–water partition coefficient (Wildman–Crippen LogP) is 4.23. The predicted molar refractivity (Wildman–Crippen MR) is 129 cm³/mol. The Morgan fingerprint density at radius 3 is 2.10 bits per heavy atom. The van der Waals surface area contributed by atoms with E-state index in [4.69, 9.17) is 37.4 Å². The van der Waals surface area contributed by atoms with Gasteiger partial charge >= 0.3 is 0 Å². The number of halogens is 3. The third-order valence-corrected chi connectivity index (χ3v) is 4.98. The fourth-order valence-electron chi connectivity index (χ4n) is 2.67. The molecule has 2 aromatic rings. The number of aromatic nitrogens is 1. The highest BCUT2D eigenvalue weighted by Crippen LogP contribution is 2.38. The highest BCUT2D eigenvalue weighted by molar-refractivity contribution is 14.0. The van der Waals surface area contributed by atoms with E-state index >= 15 is 0 Å². The zero-order chi connectivity index (χ0) is 20.7. The van der Waals surface area contributed by atoms with E-state index in [9.17, 15) is 0 Å². The summed E-state index contributed by atoms with van der Waals surface area (Å²) in [6, 6.07) is 5.59. The number of benzene rings is 1. The summed E-state index contributed by atoms with van der Waals surface area (Å²) >= 11 is 12.2. The first-order valence-electron chi connectivity index (χ1n) is 8.75. The van der Waals surface area contributed by atoms with Crippen molar-refractivity contribution < 1.29 is 14.2 Å². The first-order chi connectivity index (χ1) is 13.4. The number of hydrogen-bond acceptors (Lipinski definition) is 4. The molecule has 1 heterocycles. The van der Waals surface area contributed by atoms with Gasteiger partial charge in [0.15, 0.2) is 17.5 Å². The Kier molecular flexibility index (Phi) is 10.8. The highest BCUT2D eigenvalue weighted by atomic mass is 127. The van der Waals surface area contributed by atoms with Crippen LogP contribution in [0.15, 0.2) is 23.2 Å². The average molecular weight is 557 g/mol. The van der Waals surface area contributed by atoms with Gasteiger partial charge in [0.25, 0.3) is 0 Å². The summed E-state index contributed by atoms with van der Waals surface area (Å²) in [5.74, 6) is 2.42. The van der Waals surface area contributed by atoms with E-state index in [1.165, 1.54) is 0 Å². The molecule has 1 aromatic heterocycles. The molecular weight excluding hydrogens is 530 g/mol. The maximum Gasteiger partial charge on any atom is 0.203 e. The monoisotopic (exact) mass is 556 g/mol. The number of aliphatic imine (C=N–C) groups is 1. The molecule has 29 heavy (non-hydrogen) atoms. The molecule has 2 rings (SSSR count). The molecule has 10 heteroatoms. The third-order valence-electron chi connectivity index (χ3n) is 4.14. The zero-order valence-corrected chi connectivity index (χ0v) is 21.0. The maximum atomic E-state index is 6.12. The first-order valence-corrected chi connectivity index (χ1v) is 9.51. The van der Waals surface area contributed by atoms with E-state index < -0.39 is 0 Å². The smallest absolute Gasteiger partial charge is 0.203 e. The number of methoxy groups -OCH3 is 3. The van der Waals surface area contributed by atoms with Gasteiger partial charge in [-0.1, -0.05) is 23.2 Å². The molecule has 0 aliphatic heterocycles. The van der Waals surface area contributed by atoms with E-state index in [0.717, 1.165) is 17.8 Å². The van der Waals surface area contributed by atoms with Crippen LogP contribution in [0.4, 0.5) is 0 Å². The molecule has 7 nitrogen and oxygen atoms in total. The molecule has 0 spiro atoms. The molecule has 2 N–H and O–H groups in total. The summed E-state index contributed by atoms with van der Waals surface area (Å²) < 4.78 is 18.0. The number of nitrogens with zero attached hydrogens (tertiary/aromatic N) is 2. The van der Waals surface area contributed by atoms with Crippen molar-refractivity contribution in [3.8, 4) is 17.2 Å². The highest BCUT2D eigenvalue weighted by Gasteiger charge is 2.13. The number of nitrogens with one attached hydrogen (secondary N) is 2. The minimum absolute atomic E-state index is 0.